The van der Waals surface area contributed by atoms with Crippen molar-refractivity contribution in [3.63, 3.8) is 0 Å². The van der Waals surface area contributed by atoms with E-state index in [1.165, 1.54) is 19.2 Å². The number of carbonyl (C=O) groups is 2. The van der Waals surface area contributed by atoms with Crippen LogP contribution in [0, 0.1) is 16.0 Å². The maximum absolute atomic E-state index is 12.3. The lowest BCUT2D eigenvalue weighted by Crippen LogP contribution is -2.50. The number of anilines is 1. The molecule has 140 valence electrons. The maximum atomic E-state index is 12.3. The van der Waals surface area contributed by atoms with Gasteiger partial charge in [-0.05, 0) is 25.0 Å². The zero-order valence-corrected chi connectivity index (χ0v) is 14.6. The van der Waals surface area contributed by atoms with Crippen molar-refractivity contribution in [2.24, 2.45) is 5.92 Å². The summed E-state index contributed by atoms with van der Waals surface area (Å²) in [6.45, 7) is 2.61. The molecule has 0 atom stereocenters. The van der Waals surface area contributed by atoms with Crippen molar-refractivity contribution in [1.29, 1.82) is 0 Å². The molecule has 0 spiro atoms. The predicted octanol–water partition coefficient (Wildman–Crippen LogP) is 1.10. The van der Waals surface area contributed by atoms with Crippen LogP contribution < -0.4 is 10.1 Å². The number of hydrogen-bond donors (Lipinski definition) is 1. The Labute approximate surface area is 151 Å². The molecule has 1 heterocycles. The van der Waals surface area contributed by atoms with Gasteiger partial charge in [0, 0.05) is 32.1 Å². The molecule has 2 aliphatic rings. The van der Waals surface area contributed by atoms with Crippen molar-refractivity contribution >= 4 is 23.2 Å². The molecule has 0 bridgehead atoms. The van der Waals surface area contributed by atoms with Gasteiger partial charge in [0.15, 0.2) is 0 Å². The van der Waals surface area contributed by atoms with Crippen LogP contribution in [-0.4, -0.2) is 66.4 Å². The van der Waals surface area contributed by atoms with Crippen LogP contribution in [0.25, 0.3) is 0 Å². The lowest BCUT2D eigenvalue weighted by atomic mass is 10.2. The molecule has 1 saturated heterocycles. The number of benzene rings is 1. The quantitative estimate of drug-likeness (QED) is 0.600. The summed E-state index contributed by atoms with van der Waals surface area (Å²) in [4.78, 5) is 38.7. The molecule has 0 aromatic heterocycles. The second-order valence-electron chi connectivity index (χ2n) is 6.56. The number of carbonyl (C=O) groups excluding carboxylic acids is 2. The summed E-state index contributed by atoms with van der Waals surface area (Å²) in [6.07, 6.45) is 1.98. The van der Waals surface area contributed by atoms with Crippen LogP contribution >= 0.6 is 0 Å². The molecule has 26 heavy (non-hydrogen) atoms. The minimum absolute atomic E-state index is 0.134. The summed E-state index contributed by atoms with van der Waals surface area (Å²) in [5, 5.41) is 13.8. The summed E-state index contributed by atoms with van der Waals surface area (Å²) in [6, 6.07) is 4.30. The zero-order valence-electron chi connectivity index (χ0n) is 14.6. The Morgan fingerprint density at radius 3 is 2.54 bits per heavy atom. The fourth-order valence-corrected chi connectivity index (χ4v) is 3.00. The highest BCUT2D eigenvalue weighted by Crippen LogP contribution is 2.31. The van der Waals surface area contributed by atoms with Crippen LogP contribution in [0.2, 0.25) is 0 Å². The molecule has 9 heteroatoms. The van der Waals surface area contributed by atoms with E-state index < -0.39 is 4.92 Å². The van der Waals surface area contributed by atoms with Crippen LogP contribution in [0.3, 0.4) is 0 Å². The van der Waals surface area contributed by atoms with Crippen LogP contribution in [0.4, 0.5) is 11.4 Å². The van der Waals surface area contributed by atoms with Gasteiger partial charge in [-0.15, -0.1) is 0 Å². The lowest BCUT2D eigenvalue weighted by molar-refractivity contribution is -0.384. The SMILES string of the molecule is COc1ccc(NC(=O)CN2CCN(C(=O)C3CC3)CC2)c([N+](=O)[O-])c1. The van der Waals surface area contributed by atoms with Crippen LogP contribution in [0.1, 0.15) is 12.8 Å². The van der Waals surface area contributed by atoms with E-state index in [4.69, 9.17) is 4.74 Å². The Morgan fingerprint density at radius 1 is 1.27 bits per heavy atom. The number of piperazine rings is 1. The maximum Gasteiger partial charge on any atom is 0.296 e. The summed E-state index contributed by atoms with van der Waals surface area (Å²) in [7, 11) is 1.42. The third-order valence-corrected chi connectivity index (χ3v) is 4.65. The number of nitrogens with one attached hydrogen (secondary N) is 1. The summed E-state index contributed by atoms with van der Waals surface area (Å²) in [5.74, 6) is 0.467. The number of ether oxygens (including phenoxy) is 1. The first-order valence-corrected chi connectivity index (χ1v) is 8.61. The van der Waals surface area contributed by atoms with E-state index in [0.29, 0.717) is 31.9 Å². The molecule has 2 amide bonds. The first-order valence-electron chi connectivity index (χ1n) is 8.61. The average molecular weight is 362 g/mol. The van der Waals surface area contributed by atoms with Gasteiger partial charge in [0.1, 0.15) is 11.4 Å². The molecule has 2 fully saturated rings. The Hall–Kier alpha value is -2.68. The Morgan fingerprint density at radius 2 is 1.96 bits per heavy atom. The fourth-order valence-electron chi connectivity index (χ4n) is 3.00. The van der Waals surface area contributed by atoms with Gasteiger partial charge in [0.05, 0.1) is 24.6 Å². The van der Waals surface area contributed by atoms with E-state index in [0.717, 1.165) is 12.8 Å². The van der Waals surface area contributed by atoms with E-state index in [1.54, 1.807) is 6.07 Å². The van der Waals surface area contributed by atoms with E-state index in [-0.39, 0.29) is 35.7 Å². The predicted molar refractivity (Wildman–Crippen MR) is 94.0 cm³/mol. The molecule has 3 rings (SSSR count). The molecule has 1 aromatic carbocycles. The molecule has 9 nitrogen and oxygen atoms in total. The highest BCUT2D eigenvalue weighted by atomic mass is 16.6. The smallest absolute Gasteiger partial charge is 0.296 e. The number of nitro groups is 1. The van der Waals surface area contributed by atoms with Gasteiger partial charge in [0.2, 0.25) is 11.8 Å². The third-order valence-electron chi connectivity index (χ3n) is 4.65. The molecule has 0 unspecified atom stereocenters. The Kier molecular flexibility index (Phi) is 5.36. The number of nitro benzene ring substituents is 1. The van der Waals surface area contributed by atoms with Gasteiger partial charge >= 0.3 is 0 Å². The van der Waals surface area contributed by atoms with E-state index in [9.17, 15) is 19.7 Å². The van der Waals surface area contributed by atoms with Crippen LogP contribution in [-0.2, 0) is 9.59 Å². The van der Waals surface area contributed by atoms with E-state index >= 15 is 0 Å². The minimum atomic E-state index is -0.555. The third kappa shape index (κ3) is 4.29. The number of methoxy groups -OCH3 is 1. The molecular formula is C17H22N4O5. The van der Waals surface area contributed by atoms with E-state index in [1.807, 2.05) is 9.80 Å². The van der Waals surface area contributed by atoms with Gasteiger partial charge in [0.25, 0.3) is 5.69 Å². The number of amides is 2. The van der Waals surface area contributed by atoms with Crippen LogP contribution in [0.5, 0.6) is 5.75 Å². The lowest BCUT2D eigenvalue weighted by Gasteiger charge is -2.34. The van der Waals surface area contributed by atoms with Gasteiger partial charge < -0.3 is 15.0 Å². The number of nitrogens with zero attached hydrogens (tertiary/aromatic N) is 3. The largest absolute Gasteiger partial charge is 0.496 e. The second-order valence-corrected chi connectivity index (χ2v) is 6.56. The standard InChI is InChI=1S/C17H22N4O5/c1-26-13-4-5-14(15(10-13)21(24)25)18-16(22)11-19-6-8-20(9-7-19)17(23)12-2-3-12/h4-5,10,12H,2-3,6-9,11H2,1H3,(H,18,22). The Bertz CT molecular complexity index is 711. The fraction of sp³-hybridized carbons (Fsp3) is 0.529. The summed E-state index contributed by atoms with van der Waals surface area (Å²) in [5.41, 5.74) is -0.0686. The molecule has 1 aliphatic heterocycles. The van der Waals surface area contributed by atoms with Gasteiger partial charge in [-0.25, -0.2) is 0 Å². The normalized spacial score (nSPS) is 17.7. The zero-order chi connectivity index (χ0) is 18.7. The molecule has 0 radical (unpaired) electrons. The van der Waals surface area contributed by atoms with Crippen molar-refractivity contribution in [3.8, 4) is 5.75 Å². The topological polar surface area (TPSA) is 105 Å². The molecule has 1 saturated carbocycles. The highest BCUT2D eigenvalue weighted by Gasteiger charge is 2.34. The number of rotatable bonds is 6. The van der Waals surface area contributed by atoms with Crippen molar-refractivity contribution < 1.29 is 19.2 Å². The van der Waals surface area contributed by atoms with Crippen LogP contribution in [0.15, 0.2) is 18.2 Å². The molecule has 1 aromatic rings. The Balaban J connectivity index is 1.53. The first kappa shape index (κ1) is 18.1. The number of hydrogen-bond acceptors (Lipinski definition) is 6. The van der Waals surface area contributed by atoms with Gasteiger partial charge in [-0.2, -0.15) is 0 Å². The molecular weight excluding hydrogens is 340 g/mol. The first-order chi connectivity index (χ1) is 12.5. The van der Waals surface area contributed by atoms with Crippen molar-refractivity contribution in [1.82, 2.24) is 9.80 Å². The second kappa shape index (κ2) is 7.69. The summed E-state index contributed by atoms with van der Waals surface area (Å²) < 4.78 is 4.98. The van der Waals surface area contributed by atoms with E-state index in [2.05, 4.69) is 5.32 Å². The van der Waals surface area contributed by atoms with Gasteiger partial charge in [-0.3, -0.25) is 24.6 Å². The minimum Gasteiger partial charge on any atom is -0.496 e. The molecule has 1 aliphatic carbocycles. The summed E-state index contributed by atoms with van der Waals surface area (Å²) >= 11 is 0. The van der Waals surface area contributed by atoms with Crippen molar-refractivity contribution in [3.05, 3.63) is 28.3 Å². The van der Waals surface area contributed by atoms with Crippen molar-refractivity contribution in [2.45, 2.75) is 12.8 Å². The molecule has 1 N–H and O–H groups in total. The average Bonchev–Trinajstić information content (AvgIpc) is 3.47. The van der Waals surface area contributed by atoms with Crippen molar-refractivity contribution in [2.75, 3.05) is 45.2 Å². The monoisotopic (exact) mass is 362 g/mol. The highest BCUT2D eigenvalue weighted by molar-refractivity contribution is 5.94. The van der Waals surface area contributed by atoms with Gasteiger partial charge in [-0.1, -0.05) is 0 Å².